The normalized spacial score (nSPS) is 17.9. The van der Waals surface area contributed by atoms with Gasteiger partial charge in [0.15, 0.2) is 9.90 Å². The molecule has 0 bridgehead atoms. The number of sulfonamides is 1. The van der Waals surface area contributed by atoms with E-state index in [4.69, 9.17) is 5.11 Å². The van der Waals surface area contributed by atoms with Gasteiger partial charge in [0.25, 0.3) is 10.0 Å². The van der Waals surface area contributed by atoms with Crippen molar-refractivity contribution in [3.05, 3.63) is 11.2 Å². The Morgan fingerprint density at radius 2 is 2.32 bits per heavy atom. The van der Waals surface area contributed by atoms with Crippen LogP contribution in [0.15, 0.2) is 9.72 Å². The molecule has 6 nitrogen and oxygen atoms in total. The Balaban J connectivity index is 2.14. The molecule has 0 aromatic carbocycles. The lowest BCUT2D eigenvalue weighted by Crippen LogP contribution is -2.45. The number of aromatic nitrogens is 1. The van der Waals surface area contributed by atoms with Gasteiger partial charge in [0.2, 0.25) is 0 Å². The largest absolute Gasteiger partial charge is 0.476 e. The van der Waals surface area contributed by atoms with E-state index in [0.29, 0.717) is 6.54 Å². The summed E-state index contributed by atoms with van der Waals surface area (Å²) in [5.74, 6) is -1.33. The first kappa shape index (κ1) is 14.8. The minimum absolute atomic E-state index is 0.0405. The van der Waals surface area contributed by atoms with E-state index in [9.17, 15) is 13.2 Å². The standard InChI is InChI=1S/C10H14N2O4S3/c1-17-10(3-2-4-10)5-12-19(15,16)9-7(8(13)14)11-6-18-9/h6,12H,2-5H2,1H3,(H,13,14). The number of rotatable bonds is 6. The molecule has 1 aromatic rings. The highest BCUT2D eigenvalue weighted by molar-refractivity contribution is 8.00. The van der Waals surface area contributed by atoms with Crippen LogP contribution in [0.4, 0.5) is 0 Å². The molecule has 2 N–H and O–H groups in total. The number of hydrogen-bond acceptors (Lipinski definition) is 6. The third-order valence-corrected chi connectivity index (χ3v) is 7.45. The van der Waals surface area contributed by atoms with E-state index in [-0.39, 0.29) is 8.96 Å². The molecular formula is C10H14N2O4S3. The molecule has 106 valence electrons. The summed E-state index contributed by atoms with van der Waals surface area (Å²) in [7, 11) is -3.80. The van der Waals surface area contributed by atoms with Crippen molar-refractivity contribution in [2.24, 2.45) is 0 Å². The topological polar surface area (TPSA) is 96.4 Å². The Labute approximate surface area is 119 Å². The van der Waals surface area contributed by atoms with E-state index in [1.807, 2.05) is 6.26 Å². The zero-order valence-corrected chi connectivity index (χ0v) is 12.7. The first-order chi connectivity index (χ1) is 8.90. The van der Waals surface area contributed by atoms with Gasteiger partial charge in [-0.2, -0.15) is 11.8 Å². The number of nitrogens with one attached hydrogen (secondary N) is 1. The fourth-order valence-corrected chi connectivity index (χ4v) is 5.20. The summed E-state index contributed by atoms with van der Waals surface area (Å²) in [6, 6.07) is 0. The van der Waals surface area contributed by atoms with E-state index in [2.05, 4.69) is 9.71 Å². The van der Waals surface area contributed by atoms with E-state index >= 15 is 0 Å². The summed E-state index contributed by atoms with van der Waals surface area (Å²) in [4.78, 5) is 14.5. The van der Waals surface area contributed by atoms with Gasteiger partial charge in [-0.25, -0.2) is 22.9 Å². The Bertz CT molecular complexity index is 572. The van der Waals surface area contributed by atoms with Crippen LogP contribution in [0.1, 0.15) is 29.8 Å². The first-order valence-electron chi connectivity index (χ1n) is 5.62. The maximum atomic E-state index is 12.1. The molecule has 0 amide bonds. The lowest BCUT2D eigenvalue weighted by Gasteiger charge is -2.40. The summed E-state index contributed by atoms with van der Waals surface area (Å²) in [6.07, 6.45) is 5.02. The number of aromatic carboxylic acids is 1. The number of thioether (sulfide) groups is 1. The molecule has 1 heterocycles. The van der Waals surface area contributed by atoms with Crippen molar-refractivity contribution in [1.29, 1.82) is 0 Å². The van der Waals surface area contributed by atoms with Crippen molar-refractivity contribution in [1.82, 2.24) is 9.71 Å². The van der Waals surface area contributed by atoms with Crippen LogP contribution < -0.4 is 4.72 Å². The van der Waals surface area contributed by atoms with Crippen molar-refractivity contribution in [3.8, 4) is 0 Å². The predicted molar refractivity (Wildman–Crippen MR) is 74.4 cm³/mol. The molecule has 0 spiro atoms. The van der Waals surface area contributed by atoms with Crippen molar-refractivity contribution in [2.75, 3.05) is 12.8 Å². The van der Waals surface area contributed by atoms with Crippen LogP contribution in [0.5, 0.6) is 0 Å². The summed E-state index contributed by atoms with van der Waals surface area (Å²) < 4.78 is 26.5. The Kier molecular flexibility index (Phi) is 4.19. The van der Waals surface area contributed by atoms with Crippen LogP contribution in [0.2, 0.25) is 0 Å². The average Bonchev–Trinajstić information content (AvgIpc) is 2.77. The number of carboxylic acid groups (broad SMARTS) is 1. The zero-order chi connectivity index (χ0) is 14.1. The lowest BCUT2D eigenvalue weighted by atomic mass is 9.84. The lowest BCUT2D eigenvalue weighted by molar-refractivity contribution is 0.0687. The molecule has 9 heteroatoms. The molecule has 0 aliphatic heterocycles. The molecule has 1 aromatic heterocycles. The molecule has 0 unspecified atom stereocenters. The van der Waals surface area contributed by atoms with E-state index in [1.54, 1.807) is 11.8 Å². The maximum absolute atomic E-state index is 12.1. The molecule has 0 saturated heterocycles. The first-order valence-corrected chi connectivity index (χ1v) is 9.21. The average molecular weight is 322 g/mol. The van der Waals surface area contributed by atoms with Crippen molar-refractivity contribution in [3.63, 3.8) is 0 Å². The fraction of sp³-hybridized carbons (Fsp3) is 0.600. The highest BCUT2D eigenvalue weighted by Crippen LogP contribution is 2.42. The highest BCUT2D eigenvalue weighted by atomic mass is 32.2. The zero-order valence-electron chi connectivity index (χ0n) is 10.2. The molecule has 1 fully saturated rings. The molecule has 0 radical (unpaired) electrons. The Hall–Kier alpha value is -0.640. The number of hydrogen-bond donors (Lipinski definition) is 2. The second-order valence-corrected chi connectivity index (χ2v) is 8.45. The van der Waals surface area contributed by atoms with Gasteiger partial charge in [0, 0.05) is 11.3 Å². The minimum atomic E-state index is -3.80. The summed E-state index contributed by atoms with van der Waals surface area (Å²) in [5, 5.41) is 8.90. The number of nitrogens with zero attached hydrogens (tertiary/aromatic N) is 1. The quantitative estimate of drug-likeness (QED) is 0.822. The number of carboxylic acids is 1. The molecule has 1 aliphatic rings. The van der Waals surface area contributed by atoms with Crippen LogP contribution in [0.25, 0.3) is 0 Å². The van der Waals surface area contributed by atoms with Gasteiger partial charge in [0.05, 0.1) is 5.51 Å². The number of carbonyl (C=O) groups is 1. The monoisotopic (exact) mass is 322 g/mol. The van der Waals surface area contributed by atoms with E-state index < -0.39 is 21.7 Å². The van der Waals surface area contributed by atoms with Crippen molar-refractivity contribution in [2.45, 2.75) is 28.2 Å². The predicted octanol–water partition coefficient (Wildman–Crippen LogP) is 1.41. The maximum Gasteiger partial charge on any atom is 0.356 e. The molecular weight excluding hydrogens is 308 g/mol. The highest BCUT2D eigenvalue weighted by Gasteiger charge is 2.38. The van der Waals surface area contributed by atoms with Gasteiger partial charge < -0.3 is 5.11 Å². The van der Waals surface area contributed by atoms with Gasteiger partial charge in [-0.15, -0.1) is 11.3 Å². The second-order valence-electron chi connectivity index (χ2n) is 4.36. The van der Waals surface area contributed by atoms with Crippen molar-refractivity contribution >= 4 is 39.1 Å². The third-order valence-electron chi connectivity index (χ3n) is 3.26. The summed E-state index contributed by atoms with van der Waals surface area (Å²) >= 11 is 2.47. The SMILES string of the molecule is CSC1(CNS(=O)(=O)c2scnc2C(=O)O)CCC1. The summed E-state index contributed by atoms with van der Waals surface area (Å²) in [6.45, 7) is 0.327. The number of thiazole rings is 1. The minimum Gasteiger partial charge on any atom is -0.476 e. The van der Waals surface area contributed by atoms with Crippen LogP contribution in [0.3, 0.4) is 0 Å². The van der Waals surface area contributed by atoms with Crippen molar-refractivity contribution < 1.29 is 18.3 Å². The van der Waals surface area contributed by atoms with Gasteiger partial charge in [0.1, 0.15) is 0 Å². The molecule has 19 heavy (non-hydrogen) atoms. The van der Waals surface area contributed by atoms with Crippen LogP contribution in [-0.2, 0) is 10.0 Å². The van der Waals surface area contributed by atoms with E-state index in [1.165, 1.54) is 5.51 Å². The molecule has 0 atom stereocenters. The Morgan fingerprint density at radius 3 is 2.79 bits per heavy atom. The second kappa shape index (κ2) is 5.39. The summed E-state index contributed by atoms with van der Waals surface area (Å²) in [5.41, 5.74) is 0.815. The van der Waals surface area contributed by atoms with Gasteiger partial charge >= 0.3 is 5.97 Å². The smallest absolute Gasteiger partial charge is 0.356 e. The van der Waals surface area contributed by atoms with Crippen LogP contribution in [0, 0.1) is 0 Å². The molecule has 2 rings (SSSR count). The van der Waals surface area contributed by atoms with Gasteiger partial charge in [-0.05, 0) is 19.1 Å². The molecule has 1 aliphatic carbocycles. The van der Waals surface area contributed by atoms with Crippen LogP contribution in [-0.4, -0.2) is 42.0 Å². The van der Waals surface area contributed by atoms with E-state index in [0.717, 1.165) is 30.6 Å². The Morgan fingerprint density at radius 1 is 1.63 bits per heavy atom. The molecule has 1 saturated carbocycles. The fourth-order valence-electron chi connectivity index (χ4n) is 1.88. The van der Waals surface area contributed by atoms with Gasteiger partial charge in [-0.3, -0.25) is 0 Å². The van der Waals surface area contributed by atoms with Gasteiger partial charge in [-0.1, -0.05) is 6.42 Å². The van der Waals surface area contributed by atoms with Crippen LogP contribution >= 0.6 is 23.1 Å². The third kappa shape index (κ3) is 2.93.